The molecule has 286 valence electrons. The molecule has 2 aliphatic rings. The lowest BCUT2D eigenvalue weighted by Crippen LogP contribution is -2.36. The molecule has 2 aliphatic heterocycles. The molecule has 0 saturated carbocycles. The minimum atomic E-state index is -0.216. The average molecular weight is 757 g/mol. The van der Waals surface area contributed by atoms with Crippen LogP contribution in [0, 0.1) is 0 Å². The van der Waals surface area contributed by atoms with Crippen molar-refractivity contribution in [3.63, 3.8) is 0 Å². The lowest BCUT2D eigenvalue weighted by molar-refractivity contribution is -0.435. The molecule has 0 aliphatic carbocycles. The maximum absolute atomic E-state index is 4.90. The van der Waals surface area contributed by atoms with Gasteiger partial charge in [-0.15, -0.1) is 0 Å². The maximum atomic E-state index is 4.90. The number of rotatable bonds is 12. The maximum Gasteiger partial charge on any atom is 0.210 e. The van der Waals surface area contributed by atoms with Crippen LogP contribution in [0.1, 0.15) is 62.8 Å². The van der Waals surface area contributed by atoms with Crippen molar-refractivity contribution in [3.05, 3.63) is 180 Å². The first-order chi connectivity index (χ1) is 28.4. The third-order valence-corrected chi connectivity index (χ3v) is 12.8. The number of hydrogen-bond donors (Lipinski definition) is 0. The standard InChI is InChI=1S/C54H52N4/c1-5-57-47-31-29-41-17-13-15-23-45(41)51(47)53(3,49(57)33-35-55-43-19-9-7-10-20-43)37-39-25-27-40(28-26-39)38-54(4)50(34-36-56-44-21-11-8-12-22-44)58(6-2)48-32-30-42-18-14-16-24-46(42)52(48)54/h7-32,35-36H,5-6,33-34,37-38H2,1-4H3/q+2. The predicted octanol–water partition coefficient (Wildman–Crippen LogP) is 12.8. The van der Waals surface area contributed by atoms with Crippen LogP contribution in [0.5, 0.6) is 0 Å². The van der Waals surface area contributed by atoms with Gasteiger partial charge in [-0.1, -0.05) is 109 Å². The summed E-state index contributed by atoms with van der Waals surface area (Å²) < 4.78 is 5.10. The molecule has 9 rings (SSSR count). The molecule has 0 amide bonds. The highest BCUT2D eigenvalue weighted by Gasteiger charge is 2.50. The van der Waals surface area contributed by atoms with E-state index >= 15 is 0 Å². The van der Waals surface area contributed by atoms with Crippen LogP contribution < -0.4 is 0 Å². The minimum absolute atomic E-state index is 0.216. The Morgan fingerprint density at radius 3 is 1.22 bits per heavy atom. The average Bonchev–Trinajstić information content (AvgIpc) is 3.65. The van der Waals surface area contributed by atoms with Crippen molar-refractivity contribution in [1.29, 1.82) is 0 Å². The van der Waals surface area contributed by atoms with Crippen molar-refractivity contribution in [3.8, 4) is 0 Å². The van der Waals surface area contributed by atoms with Crippen LogP contribution in [0.3, 0.4) is 0 Å². The van der Waals surface area contributed by atoms with Crippen LogP contribution >= 0.6 is 0 Å². The number of fused-ring (bicyclic) bond motifs is 6. The van der Waals surface area contributed by atoms with Crippen molar-refractivity contribution in [2.24, 2.45) is 9.98 Å². The molecule has 4 nitrogen and oxygen atoms in total. The van der Waals surface area contributed by atoms with E-state index in [0.29, 0.717) is 0 Å². The van der Waals surface area contributed by atoms with E-state index in [1.165, 1.54) is 66.6 Å². The molecule has 58 heavy (non-hydrogen) atoms. The van der Waals surface area contributed by atoms with Crippen LogP contribution in [0.2, 0.25) is 0 Å². The Bertz CT molecular complexity index is 2570. The molecule has 2 atom stereocenters. The zero-order chi connectivity index (χ0) is 39.7. The summed E-state index contributed by atoms with van der Waals surface area (Å²) in [5, 5.41) is 5.26. The van der Waals surface area contributed by atoms with Gasteiger partial charge in [-0.2, -0.15) is 9.15 Å². The summed E-state index contributed by atoms with van der Waals surface area (Å²) in [5.41, 5.74) is 12.5. The number of nitrogens with zero attached hydrogens (tertiary/aromatic N) is 4. The first kappa shape index (κ1) is 37.3. The third kappa shape index (κ3) is 6.61. The Balaban J connectivity index is 1.08. The smallest absolute Gasteiger partial charge is 0.210 e. The van der Waals surface area contributed by atoms with Gasteiger partial charge in [0.2, 0.25) is 11.4 Å². The monoisotopic (exact) mass is 756 g/mol. The highest BCUT2D eigenvalue weighted by atomic mass is 15.1. The Kier molecular flexibility index (Phi) is 10.0. The van der Waals surface area contributed by atoms with E-state index in [1.807, 2.05) is 12.1 Å². The van der Waals surface area contributed by atoms with E-state index in [0.717, 1.165) is 50.1 Å². The molecule has 0 saturated heterocycles. The number of para-hydroxylation sites is 2. The first-order valence-electron chi connectivity index (χ1n) is 21.0. The fraction of sp³-hybridized carbons (Fsp3) is 0.222. The van der Waals surface area contributed by atoms with Gasteiger partial charge in [0.25, 0.3) is 0 Å². The van der Waals surface area contributed by atoms with Gasteiger partial charge in [-0.05, 0) is 110 Å². The van der Waals surface area contributed by atoms with Crippen molar-refractivity contribution < 1.29 is 9.15 Å². The second kappa shape index (κ2) is 15.6. The number of benzene rings is 7. The lowest BCUT2D eigenvalue weighted by atomic mass is 9.71. The molecular formula is C54H52N4+2. The summed E-state index contributed by atoms with van der Waals surface area (Å²) >= 11 is 0. The molecule has 2 heterocycles. The summed E-state index contributed by atoms with van der Waals surface area (Å²) in [5.74, 6) is 0. The second-order valence-electron chi connectivity index (χ2n) is 16.3. The summed E-state index contributed by atoms with van der Waals surface area (Å²) in [6.45, 7) is 11.3. The molecule has 2 unspecified atom stereocenters. The van der Waals surface area contributed by atoms with Crippen molar-refractivity contribution in [2.75, 3.05) is 13.1 Å². The Morgan fingerprint density at radius 1 is 0.448 bits per heavy atom. The van der Waals surface area contributed by atoms with Gasteiger partial charge in [-0.3, -0.25) is 9.98 Å². The van der Waals surface area contributed by atoms with Crippen molar-refractivity contribution in [1.82, 2.24) is 0 Å². The number of aliphatic imine (C=N–C) groups is 2. The van der Waals surface area contributed by atoms with Gasteiger partial charge in [0, 0.05) is 35.7 Å². The second-order valence-corrected chi connectivity index (χ2v) is 16.3. The van der Waals surface area contributed by atoms with Crippen LogP contribution in [0.15, 0.2) is 168 Å². The van der Waals surface area contributed by atoms with Gasteiger partial charge in [0.15, 0.2) is 11.4 Å². The van der Waals surface area contributed by atoms with E-state index in [1.54, 1.807) is 0 Å². The van der Waals surface area contributed by atoms with Crippen LogP contribution in [-0.2, 0) is 23.7 Å². The molecule has 0 N–H and O–H groups in total. The molecule has 0 spiro atoms. The fourth-order valence-corrected chi connectivity index (χ4v) is 10.2. The first-order valence-corrected chi connectivity index (χ1v) is 21.0. The van der Waals surface area contributed by atoms with Gasteiger partial charge in [0.1, 0.15) is 13.1 Å². The molecule has 0 radical (unpaired) electrons. The summed E-state index contributed by atoms with van der Waals surface area (Å²) in [4.78, 5) is 9.81. The quantitative estimate of drug-likeness (QED) is 0.0878. The van der Waals surface area contributed by atoms with Crippen LogP contribution in [0.4, 0.5) is 22.7 Å². The van der Waals surface area contributed by atoms with Crippen molar-refractivity contribution in [2.45, 2.75) is 64.2 Å². The van der Waals surface area contributed by atoms with E-state index in [2.05, 4.69) is 195 Å². The minimum Gasteiger partial charge on any atom is -0.261 e. The van der Waals surface area contributed by atoms with Crippen molar-refractivity contribution >= 4 is 68.1 Å². The number of hydrogen-bond acceptors (Lipinski definition) is 2. The zero-order valence-electron chi connectivity index (χ0n) is 34.2. The highest BCUT2D eigenvalue weighted by molar-refractivity contribution is 6.08. The molecule has 0 aromatic heterocycles. The largest absolute Gasteiger partial charge is 0.261 e. The van der Waals surface area contributed by atoms with Crippen LogP contribution in [0.25, 0.3) is 21.5 Å². The molecule has 4 heteroatoms. The SMILES string of the molecule is CC[N+]1=C(CC=Nc2ccccc2)C(C)(Cc2ccc(CC3(C)C(CC=Nc4ccccc4)=[N+](CC)c4ccc5ccccc5c43)cc2)c2c1ccc1ccccc21. The summed E-state index contributed by atoms with van der Waals surface area (Å²) in [6, 6.07) is 57.2. The highest BCUT2D eigenvalue weighted by Crippen LogP contribution is 2.48. The Labute approximate surface area is 343 Å². The normalized spacial score (nSPS) is 19.0. The van der Waals surface area contributed by atoms with E-state index in [-0.39, 0.29) is 10.8 Å². The predicted molar refractivity (Wildman–Crippen MR) is 246 cm³/mol. The molecule has 7 aromatic rings. The van der Waals surface area contributed by atoms with Gasteiger partial charge in [0.05, 0.1) is 35.0 Å². The van der Waals surface area contributed by atoms with E-state index in [9.17, 15) is 0 Å². The topological polar surface area (TPSA) is 30.7 Å². The van der Waals surface area contributed by atoms with E-state index < -0.39 is 0 Å². The zero-order valence-corrected chi connectivity index (χ0v) is 34.2. The fourth-order valence-electron chi connectivity index (χ4n) is 10.2. The molecule has 7 aromatic carbocycles. The van der Waals surface area contributed by atoms with E-state index in [4.69, 9.17) is 9.98 Å². The summed E-state index contributed by atoms with van der Waals surface area (Å²) in [6.07, 6.45) is 7.61. The van der Waals surface area contributed by atoms with Gasteiger partial charge in [-0.25, -0.2) is 0 Å². The lowest BCUT2D eigenvalue weighted by Gasteiger charge is -2.26. The molecule has 0 bridgehead atoms. The Morgan fingerprint density at radius 2 is 0.828 bits per heavy atom. The van der Waals surface area contributed by atoms with Gasteiger partial charge < -0.3 is 0 Å². The van der Waals surface area contributed by atoms with Crippen LogP contribution in [-0.4, -0.2) is 46.1 Å². The van der Waals surface area contributed by atoms with Gasteiger partial charge >= 0.3 is 0 Å². The third-order valence-electron chi connectivity index (χ3n) is 12.8. The summed E-state index contributed by atoms with van der Waals surface area (Å²) in [7, 11) is 0. The molecular weight excluding hydrogens is 705 g/mol. The molecule has 0 fully saturated rings. The Hall–Kier alpha value is -6.26.